The zero-order valence-corrected chi connectivity index (χ0v) is 7.72. The van der Waals surface area contributed by atoms with Gasteiger partial charge in [0.25, 0.3) is 0 Å². The zero-order chi connectivity index (χ0) is 8.31. The van der Waals surface area contributed by atoms with E-state index in [0.29, 0.717) is 23.7 Å². The van der Waals surface area contributed by atoms with Crippen molar-refractivity contribution < 1.29 is 0 Å². The van der Waals surface area contributed by atoms with E-state index in [0.717, 1.165) is 0 Å². The third-order valence-corrected chi connectivity index (χ3v) is 2.62. The molecule has 0 rings (SSSR count). The minimum atomic E-state index is 0.541. The Bertz CT molecular complexity index is 70.0. The van der Waals surface area contributed by atoms with Gasteiger partial charge in [-0.05, 0) is 23.7 Å². The van der Waals surface area contributed by atoms with Crippen molar-refractivity contribution in [2.24, 2.45) is 23.7 Å². The van der Waals surface area contributed by atoms with E-state index in [9.17, 15) is 0 Å². The third kappa shape index (κ3) is 2.72. The molecule has 0 aromatic heterocycles. The third-order valence-electron chi connectivity index (χ3n) is 2.62. The van der Waals surface area contributed by atoms with Crippen molar-refractivity contribution in [2.75, 3.05) is 0 Å². The summed E-state index contributed by atoms with van der Waals surface area (Å²) in [4.78, 5) is 0. The van der Waals surface area contributed by atoms with Crippen molar-refractivity contribution in [1.82, 2.24) is 0 Å². The molecule has 0 saturated heterocycles. The summed E-state index contributed by atoms with van der Waals surface area (Å²) < 4.78 is 0. The van der Waals surface area contributed by atoms with E-state index in [-0.39, 0.29) is 0 Å². The van der Waals surface area contributed by atoms with Crippen LogP contribution in [0.25, 0.3) is 0 Å². The highest BCUT2D eigenvalue weighted by Gasteiger charge is 2.18. The average molecular weight is 140 g/mol. The molecule has 0 nitrogen and oxygen atoms in total. The lowest BCUT2D eigenvalue weighted by Crippen LogP contribution is -2.19. The van der Waals surface area contributed by atoms with Crippen LogP contribution in [0.5, 0.6) is 0 Å². The van der Waals surface area contributed by atoms with Gasteiger partial charge < -0.3 is 0 Å². The van der Waals surface area contributed by atoms with Crippen molar-refractivity contribution in [3.8, 4) is 0 Å². The molecule has 0 fully saturated rings. The highest BCUT2D eigenvalue weighted by Crippen LogP contribution is 2.25. The molecule has 0 aliphatic heterocycles. The Morgan fingerprint density at radius 3 is 1.00 bits per heavy atom. The molecular weight excluding hydrogens is 120 g/mol. The van der Waals surface area contributed by atoms with E-state index in [2.05, 4.69) is 41.5 Å². The molecule has 4 atom stereocenters. The molecule has 0 saturated carbocycles. The molecule has 0 aliphatic carbocycles. The van der Waals surface area contributed by atoms with E-state index in [4.69, 9.17) is 0 Å². The number of rotatable bonds is 3. The molecule has 0 amide bonds. The second-order valence-electron chi connectivity index (χ2n) is 3.67. The number of hydrogen-bond acceptors (Lipinski definition) is 0. The van der Waals surface area contributed by atoms with Crippen molar-refractivity contribution >= 4 is 0 Å². The SMILES string of the molecule is [CH2]C(C)C(C)C(C)C([CH2])C. The highest BCUT2D eigenvalue weighted by molar-refractivity contribution is 4.74. The maximum absolute atomic E-state index is 4.01. The molecule has 2 radical (unpaired) electrons. The van der Waals surface area contributed by atoms with Crippen molar-refractivity contribution in [3.05, 3.63) is 13.8 Å². The van der Waals surface area contributed by atoms with Crippen LogP contribution in [0.3, 0.4) is 0 Å². The lowest BCUT2D eigenvalue weighted by molar-refractivity contribution is 0.266. The predicted molar refractivity (Wildman–Crippen MR) is 47.4 cm³/mol. The smallest absolute Gasteiger partial charge is 0.0389 e. The molecule has 0 spiro atoms. The number of hydrogen-bond donors (Lipinski definition) is 0. The van der Waals surface area contributed by atoms with E-state index < -0.39 is 0 Å². The van der Waals surface area contributed by atoms with Crippen LogP contribution < -0.4 is 0 Å². The second-order valence-corrected chi connectivity index (χ2v) is 3.67. The van der Waals surface area contributed by atoms with Crippen molar-refractivity contribution in [2.45, 2.75) is 27.7 Å². The normalized spacial score (nSPS) is 18.0. The Balaban J connectivity index is 3.81. The molecule has 10 heavy (non-hydrogen) atoms. The zero-order valence-electron chi connectivity index (χ0n) is 7.72. The average Bonchev–Trinajstić information content (AvgIpc) is 1.84. The topological polar surface area (TPSA) is 0 Å². The van der Waals surface area contributed by atoms with E-state index >= 15 is 0 Å². The fraction of sp³-hybridized carbons (Fsp3) is 0.800. The molecule has 4 unspecified atom stereocenters. The van der Waals surface area contributed by atoms with Crippen LogP contribution in [0.15, 0.2) is 0 Å². The summed E-state index contributed by atoms with van der Waals surface area (Å²) in [5.41, 5.74) is 0. The molecule has 0 heteroatoms. The van der Waals surface area contributed by atoms with Gasteiger partial charge in [0, 0.05) is 0 Å². The minimum Gasteiger partial charge on any atom is -0.0622 e. The molecular formula is C10H20. The quantitative estimate of drug-likeness (QED) is 0.564. The first-order valence-corrected chi connectivity index (χ1v) is 4.13. The Kier molecular flexibility index (Phi) is 4.00. The van der Waals surface area contributed by atoms with Gasteiger partial charge in [-0.25, -0.2) is 0 Å². The fourth-order valence-corrected chi connectivity index (χ4v) is 1.04. The lowest BCUT2D eigenvalue weighted by Gasteiger charge is -2.26. The molecule has 0 aromatic carbocycles. The van der Waals surface area contributed by atoms with Gasteiger partial charge in [0.1, 0.15) is 0 Å². The Hall–Kier alpha value is 0. The Morgan fingerprint density at radius 1 is 0.700 bits per heavy atom. The Labute approximate surface area is 66.0 Å². The standard InChI is InChI=1S/C10H20/c1-7(2)9(5)10(6)8(3)4/h7-10H,1,3H2,2,4-6H3. The van der Waals surface area contributed by atoms with Gasteiger partial charge in [-0.1, -0.05) is 41.5 Å². The van der Waals surface area contributed by atoms with Crippen molar-refractivity contribution in [1.29, 1.82) is 0 Å². The monoisotopic (exact) mass is 140 g/mol. The predicted octanol–water partition coefficient (Wildman–Crippen LogP) is 3.20. The summed E-state index contributed by atoms with van der Waals surface area (Å²) >= 11 is 0. The molecule has 0 aliphatic rings. The van der Waals surface area contributed by atoms with Crippen LogP contribution in [0.2, 0.25) is 0 Å². The summed E-state index contributed by atoms with van der Waals surface area (Å²) in [6.45, 7) is 16.9. The van der Waals surface area contributed by atoms with Gasteiger partial charge in [-0.2, -0.15) is 0 Å². The van der Waals surface area contributed by atoms with Crippen LogP contribution >= 0.6 is 0 Å². The van der Waals surface area contributed by atoms with Gasteiger partial charge in [-0.3, -0.25) is 0 Å². The van der Waals surface area contributed by atoms with Gasteiger partial charge in [0.15, 0.2) is 0 Å². The first-order chi connectivity index (χ1) is 4.46. The van der Waals surface area contributed by atoms with Crippen LogP contribution in [-0.4, -0.2) is 0 Å². The summed E-state index contributed by atoms with van der Waals surface area (Å²) in [6, 6.07) is 0. The first kappa shape index (κ1) is 10.0. The highest BCUT2D eigenvalue weighted by atomic mass is 14.2. The van der Waals surface area contributed by atoms with E-state index in [1.54, 1.807) is 0 Å². The molecule has 0 aromatic rings. The van der Waals surface area contributed by atoms with E-state index in [1.807, 2.05) is 0 Å². The maximum Gasteiger partial charge on any atom is -0.0389 e. The van der Waals surface area contributed by atoms with Crippen LogP contribution in [0.4, 0.5) is 0 Å². The van der Waals surface area contributed by atoms with Crippen LogP contribution in [-0.2, 0) is 0 Å². The molecule has 0 bridgehead atoms. The fourth-order valence-electron chi connectivity index (χ4n) is 1.04. The summed E-state index contributed by atoms with van der Waals surface area (Å²) in [5, 5.41) is 0. The van der Waals surface area contributed by atoms with E-state index in [1.165, 1.54) is 0 Å². The van der Waals surface area contributed by atoms with Gasteiger partial charge >= 0.3 is 0 Å². The van der Waals surface area contributed by atoms with Crippen LogP contribution in [0, 0.1) is 37.5 Å². The second kappa shape index (κ2) is 4.00. The minimum absolute atomic E-state index is 0.541. The summed E-state index contributed by atoms with van der Waals surface area (Å²) in [6.07, 6.45) is 0. The van der Waals surface area contributed by atoms with Crippen molar-refractivity contribution in [3.63, 3.8) is 0 Å². The first-order valence-electron chi connectivity index (χ1n) is 4.13. The maximum atomic E-state index is 4.01. The molecule has 0 heterocycles. The Morgan fingerprint density at radius 2 is 0.900 bits per heavy atom. The summed E-state index contributed by atoms with van der Waals surface area (Å²) in [7, 11) is 0. The lowest BCUT2D eigenvalue weighted by atomic mass is 9.80. The van der Waals surface area contributed by atoms with Gasteiger partial charge in [0.05, 0.1) is 0 Å². The van der Waals surface area contributed by atoms with Gasteiger partial charge in [-0.15, -0.1) is 0 Å². The van der Waals surface area contributed by atoms with Gasteiger partial charge in [0.2, 0.25) is 0 Å². The van der Waals surface area contributed by atoms with Crippen LogP contribution in [0.1, 0.15) is 27.7 Å². The largest absolute Gasteiger partial charge is 0.0622 e. The molecule has 60 valence electrons. The summed E-state index contributed by atoms with van der Waals surface area (Å²) in [5.74, 6) is 2.46. The molecule has 0 N–H and O–H groups in total.